The Balaban J connectivity index is 1.00. The van der Waals surface area contributed by atoms with E-state index in [9.17, 15) is 60.0 Å². The maximum atomic E-state index is 16.6. The van der Waals surface area contributed by atoms with Gasteiger partial charge in [0.2, 0.25) is 59.3 Å². The van der Waals surface area contributed by atoms with E-state index in [1.807, 2.05) is 0 Å². The number of carbonyl (C=O) groups is 11. The number of hydrogen-bond donors (Lipinski definition) is 18. The minimum absolute atomic E-state index is 0.0480. The molecule has 18 N–H and O–H groups in total. The Labute approximate surface area is 735 Å². The van der Waals surface area contributed by atoms with E-state index in [1.165, 1.54) is 68.6 Å². The molecule has 14 atom stereocenters. The largest absolute Gasteiger partial charge is 0.508 e. The van der Waals surface area contributed by atoms with Gasteiger partial charge in [-0.3, -0.25) is 48.6 Å². The van der Waals surface area contributed by atoms with Crippen LogP contribution in [0.5, 0.6) is 51.7 Å². The third-order valence-corrected chi connectivity index (χ3v) is 23.6. The monoisotopic (exact) mass is 1780 g/mol. The molecule has 6 heterocycles. The number of urea groups is 1. The van der Waals surface area contributed by atoms with Crippen LogP contribution in [0.25, 0.3) is 11.1 Å². The summed E-state index contributed by atoms with van der Waals surface area (Å²) in [6, 6.07) is 4.10. The third-order valence-electron chi connectivity index (χ3n) is 23.3. The molecule has 680 valence electrons. The first-order valence-corrected chi connectivity index (χ1v) is 42.3. The van der Waals surface area contributed by atoms with Crippen molar-refractivity contribution in [1.29, 1.82) is 0 Å². The van der Waals surface area contributed by atoms with E-state index in [1.54, 1.807) is 62.3 Å². The fraction of sp³-hybridized carbons (Fsp3) is 0.472. The van der Waals surface area contributed by atoms with Crippen LogP contribution in [0.2, 0.25) is 5.02 Å². The van der Waals surface area contributed by atoms with Crippen LogP contribution in [0.4, 0.5) is 20.1 Å². The minimum atomic E-state index is -2.44. The molecule has 12 amide bonds. The third kappa shape index (κ3) is 21.2. The second kappa shape index (κ2) is 37.7. The molecule has 38 heteroatoms. The number of imide groups is 1. The van der Waals surface area contributed by atoms with Crippen molar-refractivity contribution in [3.05, 3.63) is 142 Å². The Morgan fingerprint density at radius 2 is 1.24 bits per heavy atom. The number of phenols is 3. The minimum Gasteiger partial charge on any atom is -0.508 e. The quantitative estimate of drug-likeness (QED) is 0.0472. The summed E-state index contributed by atoms with van der Waals surface area (Å²) in [7, 11) is 1.27. The van der Waals surface area contributed by atoms with Crippen LogP contribution >= 0.6 is 11.6 Å². The Morgan fingerprint density at radius 1 is 0.622 bits per heavy atom. The molecule has 127 heavy (non-hydrogen) atoms. The van der Waals surface area contributed by atoms with Crippen molar-refractivity contribution in [1.82, 2.24) is 52.8 Å². The van der Waals surface area contributed by atoms with Gasteiger partial charge >= 0.3 is 18.2 Å². The fourth-order valence-electron chi connectivity index (χ4n) is 17.5. The standard InChI is InChI=1S/C89H106ClN11O26/c1-12-121-50-18-16-48(17-19-50)92-85(118)94-63(105)36-54-77(111)96-67-47-32-60(122-58-21-14-43(24-39(58)4)71(106)69(82(116)93-54)99-78(112)55(23-38(2)3)101(11)87(120)127-89(8,9)10)76(125-84-75(110)74(109)73(108)62(124-84)37-91-86(119)126-88(5,6)7)61(33-47)123-59-22-15-44(31-53(59)90)72(107)70-83(117)98-68(81(115)95-65-45-26-40-25-41(28-45)29-46(65)27-40)52-34-49(102)35-57(104)64(52)51-30-42(13-20-56(51)103)66(79(113)100-70)97-80(67)114/h13-22,24,30-35,38,40-41,45-46,54-55,62,65-75,84,102-104,106-110H,12,23,25-29,36-37H2,1-11H3,(H,91,119)(H,93,116)(H,95,115)(H,96,111)(H,97,114)(H,98,117)(H,99,112)(H,100,113)(H2,92,94,105,118)/t40?,41?,45?,46?,54-,55+,62+,65?,66+,67?,68-,69+,70-,71+,72+,73+,74-,75+,84-/m0/s1. The summed E-state index contributed by atoms with van der Waals surface area (Å²) in [4.78, 5) is 168. The number of nitrogens with zero attached hydrogens (tertiary/aromatic N) is 1. The number of aliphatic hydroxyl groups excluding tert-OH is 5. The molecule has 1 unspecified atom stereocenters. The molecule has 15 bridgehead atoms. The number of carbonyl (C=O) groups excluding carboxylic acids is 11. The average Bonchev–Trinajstić information content (AvgIpc) is 0.757. The van der Waals surface area contributed by atoms with Crippen LogP contribution in [0, 0.1) is 36.5 Å². The number of aryl methyl sites for hydroxylation is 1. The average molecular weight is 1780 g/mol. The van der Waals surface area contributed by atoms with E-state index in [2.05, 4.69) is 53.2 Å². The van der Waals surface area contributed by atoms with Crippen molar-refractivity contribution in [3.63, 3.8) is 0 Å². The van der Waals surface area contributed by atoms with E-state index in [0.717, 1.165) is 85.5 Å². The van der Waals surface area contributed by atoms with E-state index >= 15 is 33.6 Å². The van der Waals surface area contributed by atoms with Crippen LogP contribution in [0.1, 0.15) is 171 Å². The van der Waals surface area contributed by atoms with Crippen molar-refractivity contribution < 1.29 is 127 Å². The van der Waals surface area contributed by atoms with Gasteiger partial charge in [0.15, 0.2) is 11.5 Å². The first kappa shape index (κ1) is 92.4. The van der Waals surface area contributed by atoms with Crippen molar-refractivity contribution in [2.45, 2.75) is 217 Å². The lowest BCUT2D eigenvalue weighted by molar-refractivity contribution is -0.270. The molecule has 16 rings (SSSR count). The van der Waals surface area contributed by atoms with Crippen LogP contribution in [-0.4, -0.2) is 204 Å². The lowest BCUT2D eigenvalue weighted by Gasteiger charge is -2.54. The summed E-state index contributed by atoms with van der Waals surface area (Å²) in [5.41, 5.74) is -4.17. The number of rotatable bonds is 16. The number of likely N-dealkylation sites (N-methyl/N-ethyl adjacent to an activating group) is 1. The summed E-state index contributed by atoms with van der Waals surface area (Å²) < 4.78 is 42.9. The summed E-state index contributed by atoms with van der Waals surface area (Å²) in [5, 5.41) is 122. The summed E-state index contributed by atoms with van der Waals surface area (Å²) in [6.45, 7) is 15.9. The molecule has 10 aliphatic rings. The molecule has 0 radical (unpaired) electrons. The molecule has 6 aromatic carbocycles. The zero-order valence-corrected chi connectivity index (χ0v) is 72.2. The molecule has 0 aromatic heterocycles. The molecular weight excluding hydrogens is 1670 g/mol. The Morgan fingerprint density at radius 3 is 1.87 bits per heavy atom. The lowest BCUT2D eigenvalue weighted by atomic mass is 9.54. The van der Waals surface area contributed by atoms with Crippen LogP contribution in [0.3, 0.4) is 0 Å². The number of phenolic OH excluding ortho intramolecular Hbond substituents is 3. The highest BCUT2D eigenvalue weighted by atomic mass is 35.5. The number of fused-ring (bicyclic) bond motifs is 15. The molecule has 6 aliphatic heterocycles. The molecule has 4 aliphatic carbocycles. The van der Waals surface area contributed by atoms with Gasteiger partial charge < -0.3 is 122 Å². The van der Waals surface area contributed by atoms with Gasteiger partial charge in [0, 0.05) is 42.5 Å². The van der Waals surface area contributed by atoms with Gasteiger partial charge in [-0.1, -0.05) is 43.6 Å². The molecule has 1 saturated heterocycles. The summed E-state index contributed by atoms with van der Waals surface area (Å²) in [6.07, 6.45) is -13.5. The summed E-state index contributed by atoms with van der Waals surface area (Å²) >= 11 is 7.25. The molecule has 5 fully saturated rings. The Bertz CT molecular complexity index is 5230. The zero-order chi connectivity index (χ0) is 91.9. The molecule has 37 nitrogen and oxygen atoms in total. The highest BCUT2D eigenvalue weighted by Gasteiger charge is 2.52. The number of nitrogens with one attached hydrogen (secondary N) is 10. The SMILES string of the molecule is CCOc1ccc(NC(=O)NC(=O)C[C@@H]2NC(=O)[C@H](NC(=O)[C@@H](CC(C)C)N(C)C(=O)OC(C)(C)C)[C@H](O)c3ccc(c(C)c3)Oc3cc4cc(c3O[C@@H]3O[C@H](CNC(=O)OC(C)(C)C)[C@@H](O)[C@H](O)[C@H]3O)Oc3ccc(cc3Cl)[C@@H](O)[C@@H]3NC(=O)[C@H](NC(=O)C4NC2=O)c2ccc(O)c(c2)-c2c(O)cc(O)cc2[C@@H](C(=O)NC2C4CC5CC(C4)CC2C5)NC3=O)cc1. The van der Waals surface area contributed by atoms with Crippen LogP contribution in [0.15, 0.2) is 103 Å². The van der Waals surface area contributed by atoms with Gasteiger partial charge in [-0.15, -0.1) is 0 Å². The number of halogens is 1. The lowest BCUT2D eigenvalue weighted by Crippen LogP contribution is -2.61. The van der Waals surface area contributed by atoms with Crippen LogP contribution < -0.4 is 72.1 Å². The highest BCUT2D eigenvalue weighted by Crippen LogP contribution is 2.55. The number of aliphatic hydroxyl groups is 5. The highest BCUT2D eigenvalue weighted by molar-refractivity contribution is 6.32. The number of ether oxygens (including phenoxy) is 7. The molecule has 6 aromatic rings. The van der Waals surface area contributed by atoms with Gasteiger partial charge in [0.1, 0.15) is 125 Å². The van der Waals surface area contributed by atoms with Crippen molar-refractivity contribution in [2.24, 2.45) is 29.6 Å². The van der Waals surface area contributed by atoms with E-state index < -0.39 is 226 Å². The molecule has 0 spiro atoms. The van der Waals surface area contributed by atoms with Crippen molar-refractivity contribution in [3.8, 4) is 62.9 Å². The number of benzene rings is 6. The second-order valence-corrected chi connectivity index (χ2v) is 36.0. The van der Waals surface area contributed by atoms with Crippen LogP contribution in [-0.2, 0) is 52.6 Å². The second-order valence-electron chi connectivity index (χ2n) is 35.6. The summed E-state index contributed by atoms with van der Waals surface area (Å²) in [5.74, 6) is -13.8. The number of anilines is 1. The Hall–Kier alpha value is -12.3. The molecule has 4 saturated carbocycles. The number of amides is 12. The smallest absolute Gasteiger partial charge is 0.410 e. The topological polar surface area (TPSA) is 538 Å². The van der Waals surface area contributed by atoms with Gasteiger partial charge in [0.25, 0.3) is 0 Å². The van der Waals surface area contributed by atoms with E-state index in [0.29, 0.717) is 24.2 Å². The number of alkyl carbamates (subject to hydrolysis) is 1. The molecular formula is C89H106ClN11O26. The van der Waals surface area contributed by atoms with E-state index in [4.69, 9.17) is 44.8 Å². The fourth-order valence-corrected chi connectivity index (χ4v) is 17.7. The van der Waals surface area contributed by atoms with E-state index in [-0.39, 0.29) is 80.3 Å². The van der Waals surface area contributed by atoms with Gasteiger partial charge in [0.05, 0.1) is 18.1 Å². The maximum Gasteiger partial charge on any atom is 0.410 e. The Kier molecular flexibility index (Phi) is 27.5. The first-order chi connectivity index (χ1) is 59.9. The van der Waals surface area contributed by atoms with Crippen molar-refractivity contribution >= 4 is 82.8 Å². The number of aromatic hydroxyl groups is 3. The number of hydrogen-bond acceptors (Lipinski definition) is 26. The van der Waals surface area contributed by atoms with Gasteiger partial charge in [-0.05, 0) is 236 Å². The van der Waals surface area contributed by atoms with Gasteiger partial charge in [-0.2, -0.15) is 0 Å². The zero-order valence-electron chi connectivity index (χ0n) is 71.5. The predicted molar refractivity (Wildman–Crippen MR) is 452 cm³/mol. The maximum absolute atomic E-state index is 16.6. The normalized spacial score (nSPS) is 26.5. The van der Waals surface area contributed by atoms with Crippen molar-refractivity contribution in [2.75, 3.05) is 25.5 Å². The predicted octanol–water partition coefficient (Wildman–Crippen LogP) is 6.82. The first-order valence-electron chi connectivity index (χ1n) is 41.9. The van der Waals surface area contributed by atoms with Gasteiger partial charge in [-0.25, -0.2) is 14.4 Å².